The summed E-state index contributed by atoms with van der Waals surface area (Å²) in [6, 6.07) is 14.3. The van der Waals surface area contributed by atoms with Gasteiger partial charge in [0.1, 0.15) is 0 Å². The highest BCUT2D eigenvalue weighted by Gasteiger charge is 2.29. The highest BCUT2D eigenvalue weighted by molar-refractivity contribution is 7.09. The third-order valence-corrected chi connectivity index (χ3v) is 5.38. The molecule has 4 rings (SSSR count). The zero-order valence-corrected chi connectivity index (χ0v) is 16.3. The van der Waals surface area contributed by atoms with E-state index in [9.17, 15) is 4.79 Å². The minimum Gasteiger partial charge on any atom is -0.346 e. The molecule has 3 heterocycles. The molecule has 1 saturated heterocycles. The first kappa shape index (κ1) is 19.5. The molecule has 0 spiro atoms. The number of hydrogen-bond donors (Lipinski definition) is 2. The molecular formula is C19H21ClN4O2S. The van der Waals surface area contributed by atoms with Gasteiger partial charge in [-0.15, -0.1) is 23.7 Å². The summed E-state index contributed by atoms with van der Waals surface area (Å²) in [5, 5.41) is 12.3. The second kappa shape index (κ2) is 9.12. The first-order chi connectivity index (χ1) is 12.8. The third-order valence-electron chi connectivity index (χ3n) is 4.50. The fourth-order valence-electron chi connectivity index (χ4n) is 3.19. The SMILES string of the molecule is Cl.O=C(NCc1nc(Cc2cccs2)no1)[C@H]1CC[C@H](c2ccccc2)N1. The van der Waals surface area contributed by atoms with Gasteiger partial charge >= 0.3 is 0 Å². The van der Waals surface area contributed by atoms with Gasteiger partial charge in [0.15, 0.2) is 5.82 Å². The minimum absolute atomic E-state index is 0. The van der Waals surface area contributed by atoms with Crippen molar-refractivity contribution < 1.29 is 9.32 Å². The van der Waals surface area contributed by atoms with E-state index in [1.54, 1.807) is 11.3 Å². The first-order valence-corrected chi connectivity index (χ1v) is 9.58. The standard InChI is InChI=1S/C19H20N4O2S.ClH/c24-19(16-9-8-15(21-16)13-5-2-1-3-6-13)20-12-18-22-17(23-25-18)11-14-7-4-10-26-14;/h1-7,10,15-16,21H,8-9,11-12H2,(H,20,24);1H/t15-,16-;/m1./s1. The number of carbonyl (C=O) groups excluding carboxylic acids is 1. The summed E-state index contributed by atoms with van der Waals surface area (Å²) in [6.45, 7) is 0.254. The van der Waals surface area contributed by atoms with E-state index in [0.717, 1.165) is 12.8 Å². The lowest BCUT2D eigenvalue weighted by Gasteiger charge is -2.14. The zero-order valence-electron chi connectivity index (χ0n) is 14.6. The average Bonchev–Trinajstić information content (AvgIpc) is 3.43. The van der Waals surface area contributed by atoms with Crippen LogP contribution in [0.15, 0.2) is 52.4 Å². The predicted molar refractivity (Wildman–Crippen MR) is 106 cm³/mol. The Morgan fingerprint density at radius 3 is 2.85 bits per heavy atom. The number of carbonyl (C=O) groups is 1. The fourth-order valence-corrected chi connectivity index (χ4v) is 3.89. The molecule has 27 heavy (non-hydrogen) atoms. The van der Waals surface area contributed by atoms with Gasteiger partial charge < -0.3 is 9.84 Å². The average molecular weight is 405 g/mol. The second-order valence-electron chi connectivity index (χ2n) is 6.34. The fraction of sp³-hybridized carbons (Fsp3) is 0.316. The minimum atomic E-state index is -0.186. The maximum atomic E-state index is 12.4. The maximum Gasteiger partial charge on any atom is 0.246 e. The van der Waals surface area contributed by atoms with Gasteiger partial charge in [-0.1, -0.05) is 41.6 Å². The predicted octanol–water partition coefficient (Wildman–Crippen LogP) is 3.25. The number of rotatable bonds is 6. The van der Waals surface area contributed by atoms with Crippen molar-refractivity contribution >= 4 is 29.7 Å². The van der Waals surface area contributed by atoms with Crippen LogP contribution in [0.4, 0.5) is 0 Å². The maximum absolute atomic E-state index is 12.4. The summed E-state index contributed by atoms with van der Waals surface area (Å²) in [7, 11) is 0. The van der Waals surface area contributed by atoms with Crippen LogP contribution in [0.5, 0.6) is 0 Å². The Morgan fingerprint density at radius 1 is 1.22 bits per heavy atom. The summed E-state index contributed by atoms with van der Waals surface area (Å²) >= 11 is 1.66. The van der Waals surface area contributed by atoms with Crippen LogP contribution in [0.25, 0.3) is 0 Å². The van der Waals surface area contributed by atoms with Crippen molar-refractivity contribution in [1.82, 2.24) is 20.8 Å². The van der Waals surface area contributed by atoms with Gasteiger partial charge in [-0.05, 0) is 29.9 Å². The molecule has 0 bridgehead atoms. The second-order valence-corrected chi connectivity index (χ2v) is 7.37. The molecular weight excluding hydrogens is 384 g/mol. The Balaban J connectivity index is 0.00000210. The van der Waals surface area contributed by atoms with Crippen LogP contribution in [0.2, 0.25) is 0 Å². The van der Waals surface area contributed by atoms with Crippen LogP contribution in [0.3, 0.4) is 0 Å². The summed E-state index contributed by atoms with van der Waals surface area (Å²) < 4.78 is 5.23. The molecule has 0 saturated carbocycles. The van der Waals surface area contributed by atoms with Gasteiger partial charge in [0.2, 0.25) is 11.8 Å². The summed E-state index contributed by atoms with van der Waals surface area (Å²) in [6.07, 6.45) is 2.42. The highest BCUT2D eigenvalue weighted by Crippen LogP contribution is 2.26. The smallest absolute Gasteiger partial charge is 0.246 e. The molecule has 2 atom stereocenters. The van der Waals surface area contributed by atoms with Gasteiger partial charge in [0.25, 0.3) is 0 Å². The van der Waals surface area contributed by atoms with E-state index in [4.69, 9.17) is 4.52 Å². The van der Waals surface area contributed by atoms with Crippen molar-refractivity contribution in [2.75, 3.05) is 0 Å². The lowest BCUT2D eigenvalue weighted by molar-refractivity contribution is -0.123. The number of nitrogens with zero attached hydrogens (tertiary/aromatic N) is 2. The monoisotopic (exact) mass is 404 g/mol. The van der Waals surface area contributed by atoms with Gasteiger partial charge in [0.05, 0.1) is 12.6 Å². The van der Waals surface area contributed by atoms with Crippen LogP contribution >= 0.6 is 23.7 Å². The van der Waals surface area contributed by atoms with Crippen molar-refractivity contribution in [3.8, 4) is 0 Å². The molecule has 0 radical (unpaired) electrons. The van der Waals surface area contributed by atoms with E-state index in [1.807, 2.05) is 35.7 Å². The number of nitrogens with one attached hydrogen (secondary N) is 2. The Morgan fingerprint density at radius 2 is 2.07 bits per heavy atom. The topological polar surface area (TPSA) is 80.1 Å². The number of thiophene rings is 1. The van der Waals surface area contributed by atoms with Crippen molar-refractivity contribution in [2.24, 2.45) is 0 Å². The van der Waals surface area contributed by atoms with Gasteiger partial charge in [-0.25, -0.2) is 0 Å². The Kier molecular flexibility index (Phi) is 6.60. The van der Waals surface area contributed by atoms with Crippen LogP contribution in [0.1, 0.15) is 41.0 Å². The van der Waals surface area contributed by atoms with Crippen LogP contribution in [-0.2, 0) is 17.8 Å². The molecule has 8 heteroatoms. The van der Waals surface area contributed by atoms with Crippen molar-refractivity contribution in [2.45, 2.75) is 37.9 Å². The number of halogens is 1. The van der Waals surface area contributed by atoms with Crippen molar-refractivity contribution in [3.05, 3.63) is 70.0 Å². The molecule has 1 aromatic carbocycles. The molecule has 1 aliphatic rings. The van der Waals surface area contributed by atoms with Crippen molar-refractivity contribution in [3.63, 3.8) is 0 Å². The lowest BCUT2D eigenvalue weighted by Crippen LogP contribution is -2.40. The van der Waals surface area contributed by atoms with E-state index in [0.29, 0.717) is 18.1 Å². The summed E-state index contributed by atoms with van der Waals surface area (Å²) in [4.78, 5) is 17.9. The van der Waals surface area contributed by atoms with E-state index in [1.165, 1.54) is 10.4 Å². The molecule has 2 aromatic heterocycles. The Labute approximate surface area is 167 Å². The van der Waals surface area contributed by atoms with Crippen LogP contribution in [-0.4, -0.2) is 22.1 Å². The van der Waals surface area contributed by atoms with E-state index >= 15 is 0 Å². The molecule has 0 aliphatic carbocycles. The normalized spacial score (nSPS) is 18.8. The van der Waals surface area contributed by atoms with E-state index in [-0.39, 0.29) is 36.9 Å². The molecule has 142 valence electrons. The quantitative estimate of drug-likeness (QED) is 0.659. The summed E-state index contributed by atoms with van der Waals surface area (Å²) in [5.74, 6) is 1.05. The largest absolute Gasteiger partial charge is 0.346 e. The molecule has 1 amide bonds. The third kappa shape index (κ3) is 4.94. The van der Waals surface area contributed by atoms with Gasteiger partial charge in [-0.2, -0.15) is 4.98 Å². The van der Waals surface area contributed by atoms with Gasteiger partial charge in [0, 0.05) is 17.3 Å². The molecule has 2 N–H and O–H groups in total. The Bertz CT molecular complexity index is 854. The van der Waals surface area contributed by atoms with Crippen LogP contribution in [0, 0.1) is 0 Å². The molecule has 0 unspecified atom stereocenters. The lowest BCUT2D eigenvalue weighted by atomic mass is 10.1. The molecule has 3 aromatic rings. The number of benzene rings is 1. The summed E-state index contributed by atoms with van der Waals surface area (Å²) in [5.41, 5.74) is 1.22. The molecule has 6 nitrogen and oxygen atoms in total. The van der Waals surface area contributed by atoms with E-state index in [2.05, 4.69) is 32.9 Å². The van der Waals surface area contributed by atoms with Crippen LogP contribution < -0.4 is 10.6 Å². The molecule has 1 aliphatic heterocycles. The Hall–Kier alpha value is -2.22. The highest BCUT2D eigenvalue weighted by atomic mass is 35.5. The zero-order chi connectivity index (χ0) is 17.8. The van der Waals surface area contributed by atoms with E-state index < -0.39 is 0 Å². The molecule has 1 fully saturated rings. The van der Waals surface area contributed by atoms with Gasteiger partial charge in [-0.3, -0.25) is 10.1 Å². The first-order valence-electron chi connectivity index (χ1n) is 8.70. The number of aromatic nitrogens is 2. The number of hydrogen-bond acceptors (Lipinski definition) is 6. The number of amides is 1. The van der Waals surface area contributed by atoms with Crippen molar-refractivity contribution in [1.29, 1.82) is 0 Å².